The van der Waals surface area contributed by atoms with Gasteiger partial charge < -0.3 is 0 Å². The predicted molar refractivity (Wildman–Crippen MR) is 117 cm³/mol. The summed E-state index contributed by atoms with van der Waals surface area (Å²) in [5, 5.41) is 1.49. The Morgan fingerprint density at radius 2 is 1.50 bits per heavy atom. The molecule has 0 unspecified atom stereocenters. The van der Waals surface area contributed by atoms with Gasteiger partial charge in [-0.1, -0.05) is 79.5 Å². The fraction of sp³-hybridized carbons (Fsp3) is 0.304. The van der Waals surface area contributed by atoms with E-state index in [9.17, 15) is 0 Å². The molecule has 2 aromatic rings. The van der Waals surface area contributed by atoms with Gasteiger partial charge in [0.15, 0.2) is 0 Å². The second-order valence-corrected chi connectivity index (χ2v) is 9.82. The number of halogens is 2. The van der Waals surface area contributed by atoms with Gasteiger partial charge in [-0.3, -0.25) is 0 Å². The number of benzene rings is 2. The first kappa shape index (κ1) is 19.6. The zero-order valence-electron chi connectivity index (χ0n) is 15.7. The number of hydrogen-bond acceptors (Lipinski definition) is 1. The monoisotopic (exact) mass is 402 g/mol. The fourth-order valence-electron chi connectivity index (χ4n) is 3.16. The van der Waals surface area contributed by atoms with Crippen molar-refractivity contribution < 1.29 is 0 Å². The molecule has 0 aromatic heterocycles. The molecule has 3 heteroatoms. The summed E-state index contributed by atoms with van der Waals surface area (Å²) in [7, 11) is 0. The van der Waals surface area contributed by atoms with Crippen molar-refractivity contribution in [2.75, 3.05) is 0 Å². The quantitative estimate of drug-likeness (QED) is 0.494. The Morgan fingerprint density at radius 3 is 2.12 bits per heavy atom. The van der Waals surface area contributed by atoms with Crippen LogP contribution in [-0.2, 0) is 0 Å². The lowest BCUT2D eigenvalue weighted by molar-refractivity contribution is 0.481. The molecule has 0 saturated heterocycles. The van der Waals surface area contributed by atoms with Gasteiger partial charge in [0.05, 0.1) is 0 Å². The fourth-order valence-corrected chi connectivity index (χ4v) is 4.54. The molecule has 0 radical (unpaired) electrons. The molecule has 3 rings (SSSR count). The van der Waals surface area contributed by atoms with Crippen molar-refractivity contribution in [2.45, 2.75) is 45.4 Å². The van der Waals surface area contributed by atoms with Crippen molar-refractivity contribution in [1.29, 1.82) is 0 Å². The zero-order valence-corrected chi connectivity index (χ0v) is 18.0. The number of hydrogen-bond donors (Lipinski definition) is 0. The van der Waals surface area contributed by atoms with Crippen LogP contribution in [0.4, 0.5) is 0 Å². The number of thioether (sulfide) groups is 1. The first-order chi connectivity index (χ1) is 12.2. The van der Waals surface area contributed by atoms with Crippen molar-refractivity contribution in [3.8, 4) is 11.1 Å². The van der Waals surface area contributed by atoms with Gasteiger partial charge >= 0.3 is 0 Å². The van der Waals surface area contributed by atoms with E-state index in [0.29, 0.717) is 0 Å². The van der Waals surface area contributed by atoms with E-state index >= 15 is 0 Å². The first-order valence-electron chi connectivity index (χ1n) is 8.88. The molecule has 136 valence electrons. The maximum Gasteiger partial charge on any atom is 0.0412 e. The Kier molecular flexibility index (Phi) is 5.91. The SMILES string of the molecule is Cc1ccc(Cl)cc1-c1cc(Cl)ccc1SC1=CC=C(C(C)(C)C)CC1. The molecule has 0 spiro atoms. The molecule has 1 aliphatic carbocycles. The van der Waals surface area contributed by atoms with Crippen molar-refractivity contribution >= 4 is 35.0 Å². The molecule has 0 bridgehead atoms. The standard InChI is InChI=1S/C23H24Cl2S/c1-15-5-8-17(24)13-20(15)21-14-18(25)9-12-22(21)26-19-10-6-16(7-11-19)23(2,3)4/h5-6,8-10,12-14H,7,11H2,1-4H3. The summed E-state index contributed by atoms with van der Waals surface area (Å²) in [6.45, 7) is 8.96. The Balaban J connectivity index is 1.96. The minimum atomic E-state index is 0.246. The van der Waals surface area contributed by atoms with Gasteiger partial charge in [0.2, 0.25) is 0 Å². The van der Waals surface area contributed by atoms with Gasteiger partial charge in [-0.15, -0.1) is 0 Å². The van der Waals surface area contributed by atoms with Gasteiger partial charge in [-0.2, -0.15) is 0 Å². The lowest BCUT2D eigenvalue weighted by Crippen LogP contribution is -2.11. The summed E-state index contributed by atoms with van der Waals surface area (Å²) < 4.78 is 0. The van der Waals surface area contributed by atoms with Gasteiger partial charge in [-0.05, 0) is 77.1 Å². The maximum atomic E-state index is 6.30. The van der Waals surface area contributed by atoms with E-state index in [0.717, 1.165) is 34.0 Å². The molecule has 0 fully saturated rings. The molecule has 0 saturated carbocycles. The Bertz CT molecular complexity index is 886. The summed E-state index contributed by atoms with van der Waals surface area (Å²) in [5.41, 5.74) is 5.25. The van der Waals surface area contributed by atoms with Crippen LogP contribution in [0.3, 0.4) is 0 Å². The van der Waals surface area contributed by atoms with E-state index in [1.807, 2.05) is 36.0 Å². The third kappa shape index (κ3) is 4.57. The van der Waals surface area contributed by atoms with E-state index in [2.05, 4.69) is 52.0 Å². The molecule has 26 heavy (non-hydrogen) atoms. The molecule has 0 N–H and O–H groups in total. The number of aryl methyl sites for hydroxylation is 1. The second-order valence-electron chi connectivity index (χ2n) is 7.78. The van der Waals surface area contributed by atoms with Crippen LogP contribution in [0.2, 0.25) is 10.0 Å². The molecule has 0 nitrogen and oxygen atoms in total. The van der Waals surface area contributed by atoms with Crippen molar-refractivity contribution in [3.63, 3.8) is 0 Å². The summed E-state index contributed by atoms with van der Waals surface area (Å²) in [6.07, 6.45) is 6.79. The zero-order chi connectivity index (χ0) is 18.9. The van der Waals surface area contributed by atoms with Gasteiger partial charge in [-0.25, -0.2) is 0 Å². The van der Waals surface area contributed by atoms with Crippen LogP contribution in [0.15, 0.2) is 63.9 Å². The molecule has 0 heterocycles. The van der Waals surface area contributed by atoms with E-state index in [-0.39, 0.29) is 5.41 Å². The van der Waals surface area contributed by atoms with Crippen molar-refractivity contribution in [2.24, 2.45) is 5.41 Å². The van der Waals surface area contributed by atoms with Crippen molar-refractivity contribution in [1.82, 2.24) is 0 Å². The lowest BCUT2D eigenvalue weighted by Gasteiger charge is -2.26. The van der Waals surface area contributed by atoms with Crippen LogP contribution in [0.1, 0.15) is 39.2 Å². The average molecular weight is 403 g/mol. The molecule has 0 amide bonds. The highest BCUT2D eigenvalue weighted by Gasteiger charge is 2.20. The third-order valence-electron chi connectivity index (χ3n) is 4.75. The highest BCUT2D eigenvalue weighted by molar-refractivity contribution is 8.03. The molecular formula is C23H24Cl2S. The normalized spacial score (nSPS) is 14.8. The van der Waals surface area contributed by atoms with E-state index in [1.165, 1.54) is 20.9 Å². The van der Waals surface area contributed by atoms with Crippen LogP contribution in [0, 0.1) is 12.3 Å². The predicted octanol–water partition coefficient (Wildman–Crippen LogP) is 8.71. The number of allylic oxidation sites excluding steroid dienone is 4. The third-order valence-corrected chi connectivity index (χ3v) is 6.40. The number of rotatable bonds is 3. The summed E-state index contributed by atoms with van der Waals surface area (Å²) >= 11 is 14.4. The Labute approximate surface area is 171 Å². The first-order valence-corrected chi connectivity index (χ1v) is 10.5. The highest BCUT2D eigenvalue weighted by Crippen LogP contribution is 2.43. The summed E-state index contributed by atoms with van der Waals surface area (Å²) in [5.74, 6) is 0. The van der Waals surface area contributed by atoms with E-state index in [4.69, 9.17) is 23.2 Å². The molecule has 0 atom stereocenters. The van der Waals surface area contributed by atoms with Crippen LogP contribution < -0.4 is 0 Å². The second kappa shape index (κ2) is 7.84. The van der Waals surface area contributed by atoms with E-state index < -0.39 is 0 Å². The highest BCUT2D eigenvalue weighted by atomic mass is 35.5. The van der Waals surface area contributed by atoms with Gasteiger partial charge in [0, 0.05) is 14.9 Å². The van der Waals surface area contributed by atoms with Crippen LogP contribution in [-0.4, -0.2) is 0 Å². The van der Waals surface area contributed by atoms with E-state index in [1.54, 1.807) is 0 Å². The topological polar surface area (TPSA) is 0 Å². The smallest absolute Gasteiger partial charge is 0.0412 e. The summed E-state index contributed by atoms with van der Waals surface area (Å²) in [6, 6.07) is 12.1. The molecule has 2 aromatic carbocycles. The van der Waals surface area contributed by atoms with Crippen molar-refractivity contribution in [3.05, 3.63) is 74.6 Å². The summed E-state index contributed by atoms with van der Waals surface area (Å²) in [4.78, 5) is 2.61. The largest absolute Gasteiger partial charge is 0.0939 e. The lowest BCUT2D eigenvalue weighted by atomic mass is 9.82. The van der Waals surface area contributed by atoms with Gasteiger partial charge in [0.1, 0.15) is 0 Å². The minimum Gasteiger partial charge on any atom is -0.0939 e. The minimum absolute atomic E-state index is 0.246. The molecule has 0 aliphatic heterocycles. The van der Waals surface area contributed by atoms with Crippen LogP contribution >= 0.6 is 35.0 Å². The maximum absolute atomic E-state index is 6.30. The van der Waals surface area contributed by atoms with Crippen LogP contribution in [0.25, 0.3) is 11.1 Å². The average Bonchev–Trinajstić information content (AvgIpc) is 2.58. The molecule has 1 aliphatic rings. The molecular weight excluding hydrogens is 379 g/mol. The van der Waals surface area contributed by atoms with Crippen LogP contribution in [0.5, 0.6) is 0 Å². The van der Waals surface area contributed by atoms with Gasteiger partial charge in [0.25, 0.3) is 0 Å². The Hall–Kier alpha value is -1.15. The Morgan fingerprint density at radius 1 is 0.846 bits per heavy atom.